The molecule has 2 aliphatic carbocycles. The van der Waals surface area contributed by atoms with Gasteiger partial charge in [-0.25, -0.2) is 0 Å². The molecule has 0 N–H and O–H groups in total. The van der Waals surface area contributed by atoms with Crippen molar-refractivity contribution in [3.8, 4) is 11.8 Å². The van der Waals surface area contributed by atoms with Gasteiger partial charge in [0.15, 0.2) is 0 Å². The van der Waals surface area contributed by atoms with Crippen molar-refractivity contribution < 1.29 is 13.2 Å². The van der Waals surface area contributed by atoms with Gasteiger partial charge in [-0.05, 0) is 92.9 Å². The second-order valence-corrected chi connectivity index (χ2v) is 9.59. The second-order valence-electron chi connectivity index (χ2n) is 9.59. The lowest BCUT2D eigenvalue weighted by atomic mass is 9.78. The minimum absolute atomic E-state index is 0.364. The van der Waals surface area contributed by atoms with Gasteiger partial charge in [0.1, 0.15) is 0 Å². The topological polar surface area (TPSA) is 0 Å². The Morgan fingerprint density at radius 2 is 1.58 bits per heavy atom. The van der Waals surface area contributed by atoms with E-state index in [1.807, 2.05) is 0 Å². The van der Waals surface area contributed by atoms with E-state index in [2.05, 4.69) is 30.9 Å². The Kier molecular flexibility index (Phi) is 9.12. The predicted octanol–water partition coefficient (Wildman–Crippen LogP) is 8.93. The van der Waals surface area contributed by atoms with Crippen molar-refractivity contribution in [2.24, 2.45) is 17.8 Å². The average Bonchev–Trinajstić information content (AvgIpc) is 2.78. The minimum atomic E-state index is -4.26. The number of allylic oxidation sites excluding steroid dienone is 2. The summed E-state index contributed by atoms with van der Waals surface area (Å²) in [5, 5.41) is 0. The summed E-state index contributed by atoms with van der Waals surface area (Å²) in [7, 11) is 0. The molecule has 0 amide bonds. The number of unbranched alkanes of at least 4 members (excludes halogenated alkanes) is 2. The highest BCUT2D eigenvalue weighted by Gasteiger charge is 2.30. The molecule has 2 aliphatic rings. The van der Waals surface area contributed by atoms with Gasteiger partial charge in [0.05, 0.1) is 5.56 Å². The number of hydrogen-bond donors (Lipinski definition) is 0. The van der Waals surface area contributed by atoms with Gasteiger partial charge in [-0.1, -0.05) is 62.7 Å². The molecule has 170 valence electrons. The summed E-state index contributed by atoms with van der Waals surface area (Å²) < 4.78 is 38.2. The van der Waals surface area contributed by atoms with Crippen LogP contribution in [0.25, 0.3) is 0 Å². The molecule has 3 heteroatoms. The maximum absolute atomic E-state index is 12.7. The van der Waals surface area contributed by atoms with Gasteiger partial charge in [0, 0.05) is 5.92 Å². The molecule has 1 aromatic rings. The third kappa shape index (κ3) is 7.74. The first kappa shape index (κ1) is 24.0. The summed E-state index contributed by atoms with van der Waals surface area (Å²) in [5.41, 5.74) is 0.470. The second kappa shape index (κ2) is 11.8. The van der Waals surface area contributed by atoms with Crippen LogP contribution in [-0.4, -0.2) is 0 Å². The van der Waals surface area contributed by atoms with E-state index in [9.17, 15) is 13.2 Å². The van der Waals surface area contributed by atoms with Crippen LogP contribution in [0, 0.1) is 29.6 Å². The molecule has 31 heavy (non-hydrogen) atoms. The van der Waals surface area contributed by atoms with Crippen LogP contribution in [0.5, 0.6) is 0 Å². The van der Waals surface area contributed by atoms with Crippen LogP contribution in [0.1, 0.15) is 101 Å². The lowest BCUT2D eigenvalue weighted by Crippen LogP contribution is -2.13. The first-order chi connectivity index (χ1) is 15.0. The lowest BCUT2D eigenvalue weighted by molar-refractivity contribution is -0.137. The lowest BCUT2D eigenvalue weighted by Gasteiger charge is -2.26. The Morgan fingerprint density at radius 1 is 0.903 bits per heavy atom. The molecule has 1 aromatic carbocycles. The number of halogens is 3. The fraction of sp³-hybridized carbons (Fsp3) is 0.643. The van der Waals surface area contributed by atoms with E-state index in [1.165, 1.54) is 63.5 Å². The maximum Gasteiger partial charge on any atom is 0.416 e. The molecule has 0 radical (unpaired) electrons. The van der Waals surface area contributed by atoms with E-state index in [0.717, 1.165) is 37.2 Å². The quantitative estimate of drug-likeness (QED) is 0.312. The number of hydrogen-bond acceptors (Lipinski definition) is 0. The summed E-state index contributed by atoms with van der Waals surface area (Å²) in [6.45, 7) is 2.27. The van der Waals surface area contributed by atoms with Crippen LogP contribution in [0.2, 0.25) is 0 Å². The van der Waals surface area contributed by atoms with Crippen molar-refractivity contribution >= 4 is 0 Å². The molecule has 0 heterocycles. The Hall–Kier alpha value is -1.69. The third-order valence-corrected chi connectivity index (χ3v) is 7.28. The van der Waals surface area contributed by atoms with Crippen molar-refractivity contribution in [2.45, 2.75) is 96.1 Å². The Balaban J connectivity index is 1.37. The number of alkyl halides is 3. The zero-order chi connectivity index (χ0) is 22.1. The van der Waals surface area contributed by atoms with Crippen LogP contribution in [-0.2, 0) is 6.18 Å². The Labute approximate surface area is 186 Å². The van der Waals surface area contributed by atoms with Crippen LogP contribution in [0.4, 0.5) is 13.2 Å². The minimum Gasteiger partial charge on any atom is -0.166 e. The number of rotatable bonds is 6. The maximum atomic E-state index is 12.7. The monoisotopic (exact) mass is 430 g/mol. The van der Waals surface area contributed by atoms with Crippen LogP contribution < -0.4 is 0 Å². The summed E-state index contributed by atoms with van der Waals surface area (Å²) in [6.07, 6.45) is 15.1. The summed E-state index contributed by atoms with van der Waals surface area (Å²) >= 11 is 0. The predicted molar refractivity (Wildman–Crippen MR) is 123 cm³/mol. The molecule has 0 nitrogen and oxygen atoms in total. The summed E-state index contributed by atoms with van der Waals surface area (Å²) in [6, 6.07) is 5.73. The first-order valence-corrected chi connectivity index (χ1v) is 12.3. The average molecular weight is 431 g/mol. The van der Waals surface area contributed by atoms with E-state index < -0.39 is 11.7 Å². The molecule has 2 fully saturated rings. The van der Waals surface area contributed by atoms with E-state index in [4.69, 9.17) is 0 Å². The fourth-order valence-electron chi connectivity index (χ4n) is 5.22. The van der Waals surface area contributed by atoms with Gasteiger partial charge < -0.3 is 0 Å². The smallest absolute Gasteiger partial charge is 0.166 e. The van der Waals surface area contributed by atoms with Crippen molar-refractivity contribution in [3.63, 3.8) is 0 Å². The van der Waals surface area contributed by atoms with Gasteiger partial charge in [-0.3, -0.25) is 0 Å². The zero-order valence-electron chi connectivity index (χ0n) is 18.9. The summed E-state index contributed by atoms with van der Waals surface area (Å²) in [4.78, 5) is 0. The molecular formula is C28H37F3. The molecular weight excluding hydrogens is 393 g/mol. The normalized spacial score (nSPS) is 27.1. The van der Waals surface area contributed by atoms with Crippen molar-refractivity contribution in [2.75, 3.05) is 0 Å². The first-order valence-electron chi connectivity index (χ1n) is 12.3. The van der Waals surface area contributed by atoms with Crippen LogP contribution in [0.3, 0.4) is 0 Å². The van der Waals surface area contributed by atoms with E-state index in [0.29, 0.717) is 17.8 Å². The van der Waals surface area contributed by atoms with Crippen molar-refractivity contribution in [3.05, 3.63) is 47.5 Å². The zero-order valence-corrected chi connectivity index (χ0v) is 18.9. The highest BCUT2D eigenvalue weighted by Crippen LogP contribution is 2.37. The van der Waals surface area contributed by atoms with Gasteiger partial charge in [-0.15, -0.1) is 0 Å². The molecule has 0 bridgehead atoms. The van der Waals surface area contributed by atoms with Gasteiger partial charge in [0.25, 0.3) is 0 Å². The van der Waals surface area contributed by atoms with Crippen LogP contribution >= 0.6 is 0 Å². The molecule has 0 spiro atoms. The highest BCUT2D eigenvalue weighted by molar-refractivity contribution is 5.28. The molecule has 3 rings (SSSR count). The highest BCUT2D eigenvalue weighted by atomic mass is 19.4. The Bertz CT molecular complexity index is 731. The molecule has 0 aliphatic heterocycles. The number of benzene rings is 1. The van der Waals surface area contributed by atoms with Gasteiger partial charge in [-0.2, -0.15) is 13.2 Å². The third-order valence-electron chi connectivity index (χ3n) is 7.28. The molecule has 0 atom stereocenters. The SMILES string of the molecule is CCCCC[C@H]1CC[C@H](/C=C/C#C[C@H]2CC[C@H](c3ccc(C(F)(F)F)cc3)CC2)CC1. The fourth-order valence-corrected chi connectivity index (χ4v) is 5.22. The van der Waals surface area contributed by atoms with Crippen molar-refractivity contribution in [1.82, 2.24) is 0 Å². The van der Waals surface area contributed by atoms with E-state index >= 15 is 0 Å². The van der Waals surface area contributed by atoms with Crippen LogP contribution in [0.15, 0.2) is 36.4 Å². The summed E-state index contributed by atoms with van der Waals surface area (Å²) in [5.74, 6) is 9.13. The molecule has 0 saturated heterocycles. The van der Waals surface area contributed by atoms with E-state index in [1.54, 1.807) is 12.1 Å². The largest absolute Gasteiger partial charge is 0.416 e. The van der Waals surface area contributed by atoms with Gasteiger partial charge in [0.2, 0.25) is 0 Å². The Morgan fingerprint density at radius 3 is 2.19 bits per heavy atom. The van der Waals surface area contributed by atoms with Gasteiger partial charge >= 0.3 is 6.18 Å². The standard InChI is InChI=1S/C28H37F3/c1-2-3-4-7-22-10-12-23(13-11-22)8-5-6-9-24-14-16-25(17-15-24)26-18-20-27(21-19-26)28(29,30)31/h5,8,18-25H,2-4,7,10-17H2,1H3/b8-5+/t22-,23-,24-,25-. The molecule has 0 aromatic heterocycles. The molecule has 2 saturated carbocycles. The van der Waals surface area contributed by atoms with E-state index in [-0.39, 0.29) is 0 Å². The van der Waals surface area contributed by atoms with Crippen molar-refractivity contribution in [1.29, 1.82) is 0 Å². The molecule has 0 unspecified atom stereocenters.